The maximum atomic E-state index is 2.56. The number of anilines is 9. The van der Waals surface area contributed by atoms with E-state index in [0.29, 0.717) is 0 Å². The molecule has 2 aliphatic rings. The molecule has 0 fully saturated rings. The summed E-state index contributed by atoms with van der Waals surface area (Å²) >= 11 is 0. The summed E-state index contributed by atoms with van der Waals surface area (Å²) in [5.74, 6) is 0. The highest BCUT2D eigenvalue weighted by atomic mass is 15.2. The summed E-state index contributed by atoms with van der Waals surface area (Å²) < 4.78 is 0. The van der Waals surface area contributed by atoms with Gasteiger partial charge in [0.15, 0.2) is 0 Å². The van der Waals surface area contributed by atoms with E-state index in [0.717, 1.165) is 95.7 Å². The smallest absolute Gasteiger partial charge is 0.252 e. The lowest BCUT2D eigenvalue weighted by molar-refractivity contribution is 1.23. The van der Waals surface area contributed by atoms with Crippen LogP contribution in [-0.2, 0) is 0 Å². The van der Waals surface area contributed by atoms with E-state index in [2.05, 4.69) is 342 Å². The largest absolute Gasteiger partial charge is 0.311 e. The zero-order valence-corrected chi connectivity index (χ0v) is 45.1. The number of hydrogen-bond donors (Lipinski definition) is 0. The van der Waals surface area contributed by atoms with Crippen LogP contribution in [0.25, 0.3) is 66.8 Å². The highest BCUT2D eigenvalue weighted by molar-refractivity contribution is 7.00. The molecule has 0 unspecified atom stereocenters. The molecule has 0 aliphatic carbocycles. The highest BCUT2D eigenvalue weighted by Crippen LogP contribution is 2.50. The molecule has 0 bridgehead atoms. The average molecular weight is 1040 g/mol. The Hall–Kier alpha value is -10.7. The van der Waals surface area contributed by atoms with Gasteiger partial charge in [-0.15, -0.1) is 0 Å². The fourth-order valence-electron chi connectivity index (χ4n) is 12.5. The van der Waals surface area contributed by atoms with Gasteiger partial charge in [-0.2, -0.15) is 0 Å². The lowest BCUT2D eigenvalue weighted by atomic mass is 9.33. The van der Waals surface area contributed by atoms with Gasteiger partial charge in [0.25, 0.3) is 6.71 Å². The minimum absolute atomic E-state index is 0.128. The third kappa shape index (κ3) is 8.84. The molecular formula is C78H54BN3. The van der Waals surface area contributed by atoms with Gasteiger partial charge in [-0.05, 0) is 156 Å². The van der Waals surface area contributed by atoms with E-state index < -0.39 is 0 Å². The second-order valence-electron chi connectivity index (χ2n) is 21.3. The number of fused-ring (bicyclic) bond motifs is 4. The van der Waals surface area contributed by atoms with Gasteiger partial charge in [0, 0.05) is 45.5 Å². The first-order chi connectivity index (χ1) is 40.7. The highest BCUT2D eigenvalue weighted by Gasteiger charge is 2.44. The first kappa shape index (κ1) is 48.5. The Balaban J connectivity index is 1.06. The minimum Gasteiger partial charge on any atom is -0.311 e. The van der Waals surface area contributed by atoms with Gasteiger partial charge >= 0.3 is 0 Å². The van der Waals surface area contributed by atoms with Crippen LogP contribution in [0, 0.1) is 0 Å². The van der Waals surface area contributed by atoms with E-state index >= 15 is 0 Å². The number of benzene rings is 13. The van der Waals surface area contributed by atoms with Gasteiger partial charge in [-0.1, -0.05) is 255 Å². The summed E-state index contributed by atoms with van der Waals surface area (Å²) in [6, 6.07) is 120. The molecule has 2 heterocycles. The second-order valence-corrected chi connectivity index (χ2v) is 21.3. The number of rotatable bonds is 11. The second kappa shape index (κ2) is 20.8. The van der Waals surface area contributed by atoms with Crippen LogP contribution in [0.15, 0.2) is 328 Å². The molecule has 2 aliphatic heterocycles. The lowest BCUT2D eigenvalue weighted by Crippen LogP contribution is -2.61. The molecule has 82 heavy (non-hydrogen) atoms. The third-order valence-electron chi connectivity index (χ3n) is 16.4. The Kier molecular flexibility index (Phi) is 12.3. The van der Waals surface area contributed by atoms with Crippen LogP contribution in [0.5, 0.6) is 0 Å². The molecule has 0 spiro atoms. The zero-order chi connectivity index (χ0) is 54.3. The molecule has 0 saturated heterocycles. The predicted octanol–water partition coefficient (Wildman–Crippen LogP) is 19.2. The Morgan fingerprint density at radius 3 is 0.841 bits per heavy atom. The van der Waals surface area contributed by atoms with Crippen LogP contribution in [0.3, 0.4) is 0 Å². The van der Waals surface area contributed by atoms with Crippen molar-refractivity contribution in [2.45, 2.75) is 0 Å². The Morgan fingerprint density at radius 2 is 0.500 bits per heavy atom. The van der Waals surface area contributed by atoms with Crippen LogP contribution < -0.4 is 31.1 Å². The molecule has 13 aromatic carbocycles. The van der Waals surface area contributed by atoms with E-state index in [1.807, 2.05) is 0 Å². The summed E-state index contributed by atoms with van der Waals surface area (Å²) in [5, 5.41) is 0. The molecule has 3 nitrogen and oxygen atoms in total. The summed E-state index contributed by atoms with van der Waals surface area (Å²) in [4.78, 5) is 7.61. The molecule has 0 aromatic heterocycles. The van der Waals surface area contributed by atoms with Crippen LogP contribution in [0.2, 0.25) is 0 Å². The van der Waals surface area contributed by atoms with E-state index in [1.54, 1.807) is 0 Å². The van der Waals surface area contributed by atoms with E-state index in [4.69, 9.17) is 0 Å². The van der Waals surface area contributed by atoms with Crippen LogP contribution in [0.4, 0.5) is 51.2 Å². The molecule has 384 valence electrons. The Labute approximate surface area is 480 Å². The molecule has 0 radical (unpaired) electrons. The van der Waals surface area contributed by atoms with Gasteiger partial charge in [-0.3, -0.25) is 0 Å². The van der Waals surface area contributed by atoms with Crippen molar-refractivity contribution in [3.05, 3.63) is 328 Å². The van der Waals surface area contributed by atoms with E-state index in [1.165, 1.54) is 38.6 Å². The van der Waals surface area contributed by atoms with Gasteiger partial charge in [0.1, 0.15) is 0 Å². The van der Waals surface area contributed by atoms with Crippen molar-refractivity contribution in [2.75, 3.05) is 14.7 Å². The lowest BCUT2D eigenvalue weighted by Gasteiger charge is -2.45. The Morgan fingerprint density at radius 1 is 0.207 bits per heavy atom. The van der Waals surface area contributed by atoms with Gasteiger partial charge in [0.2, 0.25) is 0 Å². The van der Waals surface area contributed by atoms with Crippen molar-refractivity contribution < 1.29 is 0 Å². The summed E-state index contributed by atoms with van der Waals surface area (Å²) in [7, 11) is 0. The number of nitrogens with zero attached hydrogens (tertiary/aromatic N) is 3. The normalized spacial score (nSPS) is 12.1. The molecule has 0 amide bonds. The van der Waals surface area contributed by atoms with Gasteiger partial charge in [0.05, 0.1) is 5.69 Å². The Bertz CT molecular complexity index is 4170. The predicted molar refractivity (Wildman–Crippen MR) is 348 cm³/mol. The first-order valence-electron chi connectivity index (χ1n) is 28.3. The topological polar surface area (TPSA) is 9.72 Å². The summed E-state index contributed by atoms with van der Waals surface area (Å²) in [6.45, 7) is -0.128. The first-order valence-corrected chi connectivity index (χ1v) is 28.3. The fraction of sp³-hybridized carbons (Fsp3) is 0. The van der Waals surface area contributed by atoms with Crippen LogP contribution in [-0.4, -0.2) is 6.71 Å². The quantitative estimate of drug-likeness (QED) is 0.120. The van der Waals surface area contributed by atoms with E-state index in [-0.39, 0.29) is 6.71 Å². The molecule has 0 N–H and O–H groups in total. The SMILES string of the molecule is c1ccc(-c2cccc(N(c3cccc(-c4ccccc4)c3)c3cc4c5c(c3)N(c3cccc(-c6ccccc6)c3)c3cc(-c6ccccc6)ccc3B5c3ccc(-c5ccccc5)cc3N4c3cccc(-c4ccccc4)c3)c2)cc1. The minimum atomic E-state index is -0.128. The molecule has 15 rings (SSSR count). The average Bonchev–Trinajstić information content (AvgIpc) is 1.92. The summed E-state index contributed by atoms with van der Waals surface area (Å²) in [5.41, 5.74) is 27.5. The van der Waals surface area contributed by atoms with E-state index in [9.17, 15) is 0 Å². The van der Waals surface area contributed by atoms with Crippen molar-refractivity contribution in [2.24, 2.45) is 0 Å². The zero-order valence-electron chi connectivity index (χ0n) is 45.1. The summed E-state index contributed by atoms with van der Waals surface area (Å²) in [6.07, 6.45) is 0. The van der Waals surface area contributed by atoms with Crippen molar-refractivity contribution in [3.63, 3.8) is 0 Å². The monoisotopic (exact) mass is 1040 g/mol. The maximum Gasteiger partial charge on any atom is 0.252 e. The number of hydrogen-bond acceptors (Lipinski definition) is 3. The van der Waals surface area contributed by atoms with Gasteiger partial charge < -0.3 is 14.7 Å². The van der Waals surface area contributed by atoms with Crippen molar-refractivity contribution in [1.29, 1.82) is 0 Å². The van der Waals surface area contributed by atoms with Crippen molar-refractivity contribution in [1.82, 2.24) is 0 Å². The maximum absolute atomic E-state index is 2.56. The molecule has 0 atom stereocenters. The molecule has 4 heteroatoms. The molecule has 13 aromatic rings. The van der Waals surface area contributed by atoms with Crippen molar-refractivity contribution >= 4 is 74.3 Å². The standard InChI is InChI=1S/C78H54BN3/c1-7-23-55(24-8-1)61-35-19-39-67(47-61)80(68-40-20-36-62(48-68)56-25-9-2-10-26-56)71-53-76-78-77(54-71)82(70-42-22-38-64(50-70)58-29-13-4-14-30-58)75-52-66(60-33-17-6-18-34-60)44-46-73(75)79(78)72-45-43-65(59-31-15-5-16-32-59)51-74(72)81(76)69-41-21-37-63(49-69)57-27-11-3-12-28-57/h1-54H. The van der Waals surface area contributed by atoms with Crippen LogP contribution in [0.1, 0.15) is 0 Å². The molecular weight excluding hydrogens is 990 g/mol. The van der Waals surface area contributed by atoms with Crippen LogP contribution >= 0.6 is 0 Å². The molecule has 0 saturated carbocycles. The third-order valence-corrected chi connectivity index (χ3v) is 16.4. The fourth-order valence-corrected chi connectivity index (χ4v) is 12.5. The van der Waals surface area contributed by atoms with Crippen molar-refractivity contribution in [3.8, 4) is 66.8 Å². The van der Waals surface area contributed by atoms with Gasteiger partial charge in [-0.25, -0.2) is 0 Å².